The van der Waals surface area contributed by atoms with Crippen LogP contribution in [0, 0.1) is 0 Å². The minimum absolute atomic E-state index is 0.197. The Morgan fingerprint density at radius 2 is 1.74 bits per heavy atom. The highest BCUT2D eigenvalue weighted by Crippen LogP contribution is 2.39. The lowest BCUT2D eigenvalue weighted by molar-refractivity contribution is -0.126. The predicted molar refractivity (Wildman–Crippen MR) is 164 cm³/mol. The van der Waals surface area contributed by atoms with Gasteiger partial charge in [-0.2, -0.15) is 0 Å². The van der Waals surface area contributed by atoms with Gasteiger partial charge in [0.2, 0.25) is 5.91 Å². The number of fused-ring (bicyclic) bond motifs is 2. The predicted octanol–water partition coefficient (Wildman–Crippen LogP) is 4.85. The van der Waals surface area contributed by atoms with E-state index in [1.54, 1.807) is 6.07 Å². The number of primary amides is 1. The smallest absolute Gasteiger partial charge is 0.252 e. The van der Waals surface area contributed by atoms with Gasteiger partial charge >= 0.3 is 0 Å². The Morgan fingerprint density at radius 1 is 1.00 bits per heavy atom. The summed E-state index contributed by atoms with van der Waals surface area (Å²) in [4.78, 5) is 30.4. The van der Waals surface area contributed by atoms with Crippen molar-refractivity contribution in [3.8, 4) is 11.5 Å². The van der Waals surface area contributed by atoms with Gasteiger partial charge in [0.1, 0.15) is 5.54 Å². The van der Waals surface area contributed by atoms with Crippen LogP contribution in [0.15, 0.2) is 60.8 Å². The van der Waals surface area contributed by atoms with Gasteiger partial charge in [-0.15, -0.1) is 0 Å². The Labute approximate surface area is 245 Å². The number of nitrogens with two attached hydrogens (primary N) is 2. The van der Waals surface area contributed by atoms with E-state index in [1.165, 1.54) is 6.20 Å². The monoisotopic (exact) mass is 567 g/mol. The first-order valence-corrected chi connectivity index (χ1v) is 14.4. The van der Waals surface area contributed by atoms with E-state index >= 15 is 0 Å². The van der Waals surface area contributed by atoms with Crippen LogP contribution >= 0.6 is 0 Å². The molecule has 9 heteroatoms. The lowest BCUT2D eigenvalue weighted by Crippen LogP contribution is -2.49. The van der Waals surface area contributed by atoms with Crippen LogP contribution in [0.2, 0.25) is 0 Å². The fourth-order valence-electron chi connectivity index (χ4n) is 5.74. The van der Waals surface area contributed by atoms with E-state index in [0.29, 0.717) is 60.7 Å². The van der Waals surface area contributed by atoms with Gasteiger partial charge in [-0.25, -0.2) is 0 Å². The van der Waals surface area contributed by atoms with Gasteiger partial charge in [0.25, 0.3) is 5.91 Å². The van der Waals surface area contributed by atoms with Gasteiger partial charge in [-0.05, 0) is 67.5 Å². The molecule has 0 spiro atoms. The van der Waals surface area contributed by atoms with Crippen molar-refractivity contribution < 1.29 is 19.1 Å². The molecule has 0 saturated heterocycles. The van der Waals surface area contributed by atoms with Gasteiger partial charge < -0.3 is 31.6 Å². The number of hydrogen-bond acceptors (Lipinski definition) is 7. The third-order valence-corrected chi connectivity index (χ3v) is 7.82. The van der Waals surface area contributed by atoms with Gasteiger partial charge in [0.15, 0.2) is 11.5 Å². The molecule has 1 aliphatic carbocycles. The number of aromatic nitrogens is 1. The standard InChI is InChI=1S/C33H37N5O4/c1-4-22-21(18-37-32(40)33(35)15-14-20-10-7-8-12-25(20)33)11-9-13-26(22)38-30-23-16-28(41-5-2)29(42-6-3)17-27(23)36-19-24(30)31(34)39/h7-13,16-17,19H,4-6,14-15,18,35H2,1-3H3,(H2,34,39)(H,36,38)(H,37,40). The second kappa shape index (κ2) is 12.1. The van der Waals surface area contributed by atoms with Gasteiger partial charge in [0.05, 0.1) is 30.0 Å². The summed E-state index contributed by atoms with van der Waals surface area (Å²) in [6.07, 6.45) is 3.50. The summed E-state index contributed by atoms with van der Waals surface area (Å²) in [5.41, 5.74) is 17.5. The molecule has 9 nitrogen and oxygen atoms in total. The normalized spacial score (nSPS) is 15.7. The summed E-state index contributed by atoms with van der Waals surface area (Å²) in [6.45, 7) is 7.07. The number of nitrogens with zero attached hydrogens (tertiary/aromatic N) is 1. The maximum Gasteiger partial charge on any atom is 0.252 e. The van der Waals surface area contributed by atoms with E-state index in [-0.39, 0.29) is 11.5 Å². The lowest BCUT2D eigenvalue weighted by atomic mass is 9.91. The van der Waals surface area contributed by atoms with E-state index < -0.39 is 11.4 Å². The number of anilines is 2. The second-order valence-corrected chi connectivity index (χ2v) is 10.3. The number of carbonyl (C=O) groups is 2. The molecule has 1 heterocycles. The van der Waals surface area contributed by atoms with Crippen molar-refractivity contribution >= 4 is 34.1 Å². The molecule has 0 radical (unpaired) electrons. The van der Waals surface area contributed by atoms with Crippen molar-refractivity contribution in [2.75, 3.05) is 18.5 Å². The zero-order chi connectivity index (χ0) is 29.9. The molecule has 0 aliphatic heterocycles. The molecule has 1 aromatic heterocycles. The van der Waals surface area contributed by atoms with Crippen molar-refractivity contribution in [3.63, 3.8) is 0 Å². The number of aryl methyl sites for hydroxylation is 1. The highest BCUT2D eigenvalue weighted by Gasteiger charge is 2.41. The van der Waals surface area contributed by atoms with E-state index in [1.807, 2.05) is 69.3 Å². The van der Waals surface area contributed by atoms with Crippen molar-refractivity contribution in [1.82, 2.24) is 10.3 Å². The molecule has 1 atom stereocenters. The molecule has 218 valence electrons. The Morgan fingerprint density at radius 3 is 2.45 bits per heavy atom. The number of ether oxygens (including phenoxy) is 2. The topological polar surface area (TPSA) is 142 Å². The van der Waals surface area contributed by atoms with Crippen LogP contribution in [0.4, 0.5) is 11.4 Å². The number of pyridine rings is 1. The van der Waals surface area contributed by atoms with Crippen LogP contribution in [-0.4, -0.2) is 30.0 Å². The van der Waals surface area contributed by atoms with Crippen molar-refractivity contribution in [2.45, 2.75) is 52.1 Å². The molecule has 5 rings (SSSR count). The molecule has 1 aliphatic rings. The molecule has 6 N–H and O–H groups in total. The van der Waals surface area contributed by atoms with E-state index in [9.17, 15) is 9.59 Å². The Balaban J connectivity index is 1.48. The third-order valence-electron chi connectivity index (χ3n) is 7.82. The number of rotatable bonds is 11. The lowest BCUT2D eigenvalue weighted by Gasteiger charge is -2.25. The van der Waals surface area contributed by atoms with Crippen LogP contribution in [-0.2, 0) is 29.7 Å². The first-order valence-electron chi connectivity index (χ1n) is 14.4. The third kappa shape index (κ3) is 5.35. The van der Waals surface area contributed by atoms with Crippen molar-refractivity contribution in [1.29, 1.82) is 0 Å². The highest BCUT2D eigenvalue weighted by atomic mass is 16.5. The zero-order valence-electron chi connectivity index (χ0n) is 24.3. The van der Waals surface area contributed by atoms with E-state index in [2.05, 4.69) is 15.6 Å². The Kier molecular flexibility index (Phi) is 8.31. The summed E-state index contributed by atoms with van der Waals surface area (Å²) >= 11 is 0. The maximum absolute atomic E-state index is 13.4. The quantitative estimate of drug-likeness (QED) is 0.203. The fraction of sp³-hybridized carbons (Fsp3) is 0.303. The molecule has 1 unspecified atom stereocenters. The first kappa shape index (κ1) is 28.9. The minimum atomic E-state index is -1.05. The first-order chi connectivity index (χ1) is 20.3. The largest absolute Gasteiger partial charge is 0.490 e. The van der Waals surface area contributed by atoms with Gasteiger partial charge in [-0.3, -0.25) is 14.6 Å². The van der Waals surface area contributed by atoms with Crippen molar-refractivity contribution in [2.24, 2.45) is 11.5 Å². The summed E-state index contributed by atoms with van der Waals surface area (Å²) in [6, 6.07) is 17.3. The molecular formula is C33H37N5O4. The Hall–Kier alpha value is -4.63. The van der Waals surface area contributed by atoms with Gasteiger partial charge in [0, 0.05) is 29.9 Å². The van der Waals surface area contributed by atoms with E-state index in [4.69, 9.17) is 20.9 Å². The number of carbonyl (C=O) groups excluding carboxylic acids is 2. The molecule has 4 aromatic rings. The molecular weight excluding hydrogens is 530 g/mol. The average molecular weight is 568 g/mol. The SMILES string of the molecule is CCOc1cc2ncc(C(N)=O)c(Nc3cccc(CNC(=O)C4(N)CCc5ccccc54)c3CC)c2cc1OCC. The summed E-state index contributed by atoms with van der Waals surface area (Å²) in [7, 11) is 0. The second-order valence-electron chi connectivity index (χ2n) is 10.3. The zero-order valence-corrected chi connectivity index (χ0v) is 24.3. The van der Waals surface area contributed by atoms with Crippen LogP contribution in [0.3, 0.4) is 0 Å². The summed E-state index contributed by atoms with van der Waals surface area (Å²) < 4.78 is 11.6. The van der Waals surface area contributed by atoms with Gasteiger partial charge in [-0.1, -0.05) is 43.3 Å². The molecule has 3 aromatic carbocycles. The van der Waals surface area contributed by atoms with Crippen LogP contribution < -0.4 is 31.6 Å². The molecule has 0 saturated carbocycles. The van der Waals surface area contributed by atoms with Crippen LogP contribution in [0.25, 0.3) is 10.9 Å². The summed E-state index contributed by atoms with van der Waals surface area (Å²) in [5.74, 6) is 0.323. The molecule has 0 fully saturated rings. The van der Waals surface area contributed by atoms with Crippen LogP contribution in [0.1, 0.15) is 59.8 Å². The van der Waals surface area contributed by atoms with Crippen LogP contribution in [0.5, 0.6) is 11.5 Å². The highest BCUT2D eigenvalue weighted by molar-refractivity contribution is 6.08. The minimum Gasteiger partial charge on any atom is -0.490 e. The number of nitrogens with one attached hydrogen (secondary N) is 2. The number of hydrogen-bond donors (Lipinski definition) is 4. The fourth-order valence-corrected chi connectivity index (χ4v) is 5.74. The average Bonchev–Trinajstić information content (AvgIpc) is 3.34. The molecule has 42 heavy (non-hydrogen) atoms. The molecule has 2 amide bonds. The Bertz CT molecular complexity index is 1650. The van der Waals surface area contributed by atoms with Crippen molar-refractivity contribution in [3.05, 3.63) is 88.6 Å². The molecule has 0 bridgehead atoms. The maximum atomic E-state index is 13.4. The summed E-state index contributed by atoms with van der Waals surface area (Å²) in [5, 5.41) is 7.22. The van der Waals surface area contributed by atoms with E-state index in [0.717, 1.165) is 34.4 Å². The number of amides is 2. The number of benzene rings is 3.